The zero-order valence-electron chi connectivity index (χ0n) is 16.2. The van der Waals surface area contributed by atoms with Gasteiger partial charge in [-0.2, -0.15) is 0 Å². The van der Waals surface area contributed by atoms with Crippen molar-refractivity contribution in [3.8, 4) is 5.75 Å². The number of carbonyl (C=O) groups is 1. The van der Waals surface area contributed by atoms with Crippen LogP contribution in [0, 0.1) is 0 Å². The second-order valence-corrected chi connectivity index (χ2v) is 7.42. The van der Waals surface area contributed by atoms with Gasteiger partial charge in [-0.3, -0.25) is 4.79 Å². The number of nitrogens with one attached hydrogen (secondary N) is 2. The minimum absolute atomic E-state index is 0.135. The molecule has 0 saturated carbocycles. The van der Waals surface area contributed by atoms with Gasteiger partial charge in [-0.1, -0.05) is 41.6 Å². The third-order valence-electron chi connectivity index (χ3n) is 4.10. The van der Waals surface area contributed by atoms with Crippen LogP contribution in [0.2, 0.25) is 5.02 Å². The van der Waals surface area contributed by atoms with Crippen molar-refractivity contribution in [1.82, 2.24) is 14.8 Å². The predicted molar refractivity (Wildman–Crippen MR) is 117 cm³/mol. The van der Waals surface area contributed by atoms with Crippen LogP contribution in [0.3, 0.4) is 0 Å². The Bertz CT molecular complexity index is 979. The SMILES string of the molecule is CCn1c(CNc2cccc(Cl)c2)nnc1SCC(=O)Nc1ccccc1OC. The van der Waals surface area contributed by atoms with Gasteiger partial charge in [-0.25, -0.2) is 0 Å². The van der Waals surface area contributed by atoms with E-state index in [1.165, 1.54) is 11.8 Å². The van der Waals surface area contributed by atoms with Crippen molar-refractivity contribution in [3.05, 3.63) is 59.4 Å². The highest BCUT2D eigenvalue weighted by Crippen LogP contribution is 2.24. The Labute approximate surface area is 178 Å². The molecule has 0 fully saturated rings. The van der Waals surface area contributed by atoms with E-state index in [1.54, 1.807) is 19.2 Å². The number of aromatic nitrogens is 3. The largest absolute Gasteiger partial charge is 0.495 e. The van der Waals surface area contributed by atoms with E-state index in [1.807, 2.05) is 47.9 Å². The first-order chi connectivity index (χ1) is 14.1. The lowest BCUT2D eigenvalue weighted by molar-refractivity contribution is -0.113. The Balaban J connectivity index is 1.59. The highest BCUT2D eigenvalue weighted by molar-refractivity contribution is 7.99. The molecular weight excluding hydrogens is 410 g/mol. The van der Waals surface area contributed by atoms with Gasteiger partial charge in [0.25, 0.3) is 0 Å². The maximum atomic E-state index is 12.3. The minimum atomic E-state index is -0.135. The number of hydrogen-bond acceptors (Lipinski definition) is 6. The van der Waals surface area contributed by atoms with Crippen molar-refractivity contribution >= 4 is 40.6 Å². The van der Waals surface area contributed by atoms with Crippen molar-refractivity contribution < 1.29 is 9.53 Å². The zero-order valence-corrected chi connectivity index (χ0v) is 17.8. The number of methoxy groups -OCH3 is 1. The van der Waals surface area contributed by atoms with Crippen LogP contribution < -0.4 is 15.4 Å². The van der Waals surface area contributed by atoms with Crippen molar-refractivity contribution in [3.63, 3.8) is 0 Å². The van der Waals surface area contributed by atoms with E-state index in [0.717, 1.165) is 11.5 Å². The molecule has 3 rings (SSSR count). The first-order valence-electron chi connectivity index (χ1n) is 9.08. The summed E-state index contributed by atoms with van der Waals surface area (Å²) >= 11 is 7.36. The predicted octanol–water partition coefficient (Wildman–Crippen LogP) is 4.30. The van der Waals surface area contributed by atoms with Crippen molar-refractivity contribution in [2.24, 2.45) is 0 Å². The van der Waals surface area contributed by atoms with E-state index in [2.05, 4.69) is 20.8 Å². The summed E-state index contributed by atoms with van der Waals surface area (Å²) in [5, 5.41) is 16.0. The number of amides is 1. The van der Waals surface area contributed by atoms with Gasteiger partial charge in [-0.15, -0.1) is 10.2 Å². The lowest BCUT2D eigenvalue weighted by Crippen LogP contribution is -2.15. The maximum absolute atomic E-state index is 12.3. The molecule has 0 saturated heterocycles. The third kappa shape index (κ3) is 5.65. The maximum Gasteiger partial charge on any atom is 0.234 e. The van der Waals surface area contributed by atoms with Crippen molar-refractivity contribution in [2.45, 2.75) is 25.2 Å². The first kappa shape index (κ1) is 21.0. The van der Waals surface area contributed by atoms with E-state index < -0.39 is 0 Å². The molecule has 2 N–H and O–H groups in total. The number of ether oxygens (including phenoxy) is 1. The fraction of sp³-hybridized carbons (Fsp3) is 0.250. The normalized spacial score (nSPS) is 10.6. The number of carbonyl (C=O) groups excluding carboxylic acids is 1. The van der Waals surface area contributed by atoms with E-state index in [9.17, 15) is 4.79 Å². The van der Waals surface area contributed by atoms with Crippen LogP contribution in [0.4, 0.5) is 11.4 Å². The standard InChI is InChI=1S/C20H22ClN5O2S/c1-3-26-18(12-22-15-8-6-7-14(21)11-15)24-25-20(26)29-13-19(27)23-16-9-4-5-10-17(16)28-2/h4-11,22H,3,12-13H2,1-2H3,(H,23,27). The number of para-hydroxylation sites is 2. The number of halogens is 1. The monoisotopic (exact) mass is 431 g/mol. The average molecular weight is 432 g/mol. The number of benzene rings is 2. The first-order valence-corrected chi connectivity index (χ1v) is 10.4. The molecule has 0 aliphatic rings. The van der Waals surface area contributed by atoms with Crippen LogP contribution >= 0.6 is 23.4 Å². The van der Waals surface area contributed by atoms with Gasteiger partial charge in [-0.05, 0) is 37.3 Å². The number of nitrogens with zero attached hydrogens (tertiary/aromatic N) is 3. The molecule has 0 spiro atoms. The number of thioether (sulfide) groups is 1. The number of rotatable bonds is 9. The highest BCUT2D eigenvalue weighted by atomic mass is 35.5. The smallest absolute Gasteiger partial charge is 0.234 e. The second-order valence-electron chi connectivity index (χ2n) is 6.04. The van der Waals surface area contributed by atoms with Gasteiger partial charge in [0.1, 0.15) is 5.75 Å². The number of hydrogen-bond donors (Lipinski definition) is 2. The molecule has 0 bridgehead atoms. The lowest BCUT2D eigenvalue weighted by atomic mass is 10.3. The molecule has 9 heteroatoms. The summed E-state index contributed by atoms with van der Waals surface area (Å²) in [7, 11) is 1.57. The Kier molecular flexibility index (Phi) is 7.37. The molecular formula is C20H22ClN5O2S. The summed E-state index contributed by atoms with van der Waals surface area (Å²) in [4.78, 5) is 12.3. The van der Waals surface area contributed by atoms with E-state index in [4.69, 9.17) is 16.3 Å². The van der Waals surface area contributed by atoms with Gasteiger partial charge >= 0.3 is 0 Å². The van der Waals surface area contributed by atoms with Crippen LogP contribution in [0.1, 0.15) is 12.7 Å². The van der Waals surface area contributed by atoms with E-state index in [0.29, 0.717) is 34.7 Å². The Hall–Kier alpha value is -2.71. The summed E-state index contributed by atoms with van der Waals surface area (Å²) < 4.78 is 7.24. The van der Waals surface area contributed by atoms with Gasteiger partial charge in [0.15, 0.2) is 11.0 Å². The zero-order chi connectivity index (χ0) is 20.6. The third-order valence-corrected chi connectivity index (χ3v) is 5.30. The Morgan fingerprint density at radius 3 is 2.79 bits per heavy atom. The van der Waals surface area contributed by atoms with Crippen LogP contribution in [0.15, 0.2) is 53.7 Å². The molecule has 29 heavy (non-hydrogen) atoms. The number of anilines is 2. The summed E-state index contributed by atoms with van der Waals surface area (Å²) in [5.74, 6) is 1.50. The fourth-order valence-corrected chi connectivity index (χ4v) is 3.73. The fourth-order valence-electron chi connectivity index (χ4n) is 2.72. The second kappa shape index (κ2) is 10.2. The molecule has 0 aliphatic carbocycles. The molecule has 0 radical (unpaired) electrons. The summed E-state index contributed by atoms with van der Waals surface area (Å²) in [6, 6.07) is 14.8. The lowest BCUT2D eigenvalue weighted by Gasteiger charge is -2.10. The molecule has 0 unspecified atom stereocenters. The van der Waals surface area contributed by atoms with Crippen molar-refractivity contribution in [2.75, 3.05) is 23.5 Å². The van der Waals surface area contributed by atoms with Gasteiger partial charge in [0.2, 0.25) is 5.91 Å². The Morgan fingerprint density at radius 1 is 1.21 bits per heavy atom. The van der Waals surface area contributed by atoms with Gasteiger partial charge in [0, 0.05) is 17.3 Å². The molecule has 1 aromatic heterocycles. The van der Waals surface area contributed by atoms with E-state index in [-0.39, 0.29) is 11.7 Å². The van der Waals surface area contributed by atoms with Crippen LogP contribution in [0.5, 0.6) is 5.75 Å². The summed E-state index contributed by atoms with van der Waals surface area (Å²) in [6.45, 7) is 3.23. The summed E-state index contributed by atoms with van der Waals surface area (Å²) in [6.07, 6.45) is 0. The van der Waals surface area contributed by atoms with Gasteiger partial charge < -0.3 is 19.9 Å². The topological polar surface area (TPSA) is 81.1 Å². The molecule has 0 aliphatic heterocycles. The van der Waals surface area contributed by atoms with E-state index >= 15 is 0 Å². The molecule has 7 nitrogen and oxygen atoms in total. The molecule has 2 aromatic carbocycles. The highest BCUT2D eigenvalue weighted by Gasteiger charge is 2.14. The van der Waals surface area contributed by atoms with Crippen LogP contribution in [-0.4, -0.2) is 33.5 Å². The average Bonchev–Trinajstić information content (AvgIpc) is 3.13. The van der Waals surface area contributed by atoms with Crippen LogP contribution in [0.25, 0.3) is 0 Å². The molecule has 1 heterocycles. The minimum Gasteiger partial charge on any atom is -0.495 e. The molecule has 1 amide bonds. The molecule has 152 valence electrons. The molecule has 3 aromatic rings. The van der Waals surface area contributed by atoms with Crippen LogP contribution in [-0.2, 0) is 17.9 Å². The quantitative estimate of drug-likeness (QED) is 0.491. The summed E-state index contributed by atoms with van der Waals surface area (Å²) in [5.41, 5.74) is 1.55. The Morgan fingerprint density at radius 2 is 2.03 bits per heavy atom. The van der Waals surface area contributed by atoms with Crippen molar-refractivity contribution in [1.29, 1.82) is 0 Å². The van der Waals surface area contributed by atoms with Gasteiger partial charge in [0.05, 0.1) is 25.1 Å². The molecule has 0 atom stereocenters.